The first-order valence-corrected chi connectivity index (χ1v) is 8.04. The number of methoxy groups -OCH3 is 1. The summed E-state index contributed by atoms with van der Waals surface area (Å²) >= 11 is 7.14. The molecule has 23 heavy (non-hydrogen) atoms. The number of hydrogen-bond donors (Lipinski definition) is 1. The van der Waals surface area contributed by atoms with Crippen LogP contribution in [0, 0.1) is 0 Å². The van der Waals surface area contributed by atoms with Gasteiger partial charge in [-0.1, -0.05) is 11.6 Å². The normalized spacial score (nSPS) is 10.2. The number of nitrogens with one attached hydrogen (secondary N) is 1. The van der Waals surface area contributed by atoms with Crippen LogP contribution in [0.5, 0.6) is 5.75 Å². The Morgan fingerprint density at radius 2 is 2.17 bits per heavy atom. The van der Waals surface area contributed by atoms with E-state index in [1.807, 2.05) is 0 Å². The standard InChI is InChI=1S/C15H15ClN2O4S/c1-3-22-13(19)7-10-8-23-15(17-10)18-14(20)11-6-9(16)4-5-12(11)21-2/h4-6,8H,3,7H2,1-2H3,(H,17,18,20). The number of anilines is 1. The lowest BCUT2D eigenvalue weighted by atomic mass is 10.2. The number of carbonyl (C=O) groups is 2. The van der Waals surface area contributed by atoms with E-state index in [2.05, 4.69) is 10.3 Å². The number of benzene rings is 1. The van der Waals surface area contributed by atoms with Crippen molar-refractivity contribution in [3.8, 4) is 5.75 Å². The smallest absolute Gasteiger partial charge is 0.311 e. The van der Waals surface area contributed by atoms with Crippen LogP contribution in [0.3, 0.4) is 0 Å². The molecular formula is C15H15ClN2O4S. The van der Waals surface area contributed by atoms with Gasteiger partial charge in [0.2, 0.25) is 0 Å². The molecule has 8 heteroatoms. The first-order chi connectivity index (χ1) is 11.0. The molecule has 6 nitrogen and oxygen atoms in total. The fraction of sp³-hybridized carbons (Fsp3) is 0.267. The van der Waals surface area contributed by atoms with Crippen molar-refractivity contribution < 1.29 is 19.1 Å². The van der Waals surface area contributed by atoms with Gasteiger partial charge in [-0.25, -0.2) is 4.98 Å². The van der Waals surface area contributed by atoms with E-state index in [1.54, 1.807) is 24.4 Å². The van der Waals surface area contributed by atoms with Gasteiger partial charge in [0.05, 0.1) is 31.4 Å². The summed E-state index contributed by atoms with van der Waals surface area (Å²) in [5, 5.41) is 5.17. The van der Waals surface area contributed by atoms with Crippen molar-refractivity contribution in [2.75, 3.05) is 19.0 Å². The summed E-state index contributed by atoms with van der Waals surface area (Å²) in [4.78, 5) is 27.9. The molecule has 0 fully saturated rings. The molecule has 0 spiro atoms. The lowest BCUT2D eigenvalue weighted by molar-refractivity contribution is -0.142. The number of hydrogen-bond acceptors (Lipinski definition) is 6. The molecule has 0 saturated carbocycles. The molecule has 1 aromatic heterocycles. The molecule has 0 atom stereocenters. The number of amides is 1. The largest absolute Gasteiger partial charge is 0.496 e. The monoisotopic (exact) mass is 354 g/mol. The average Bonchev–Trinajstić information content (AvgIpc) is 2.94. The maximum atomic E-state index is 12.3. The average molecular weight is 355 g/mol. The number of thiazole rings is 1. The second-order valence-electron chi connectivity index (χ2n) is 4.42. The van der Waals surface area contributed by atoms with Gasteiger partial charge in [0.1, 0.15) is 5.75 Å². The highest BCUT2D eigenvalue weighted by Gasteiger charge is 2.15. The summed E-state index contributed by atoms with van der Waals surface area (Å²) in [6.07, 6.45) is 0.0701. The predicted octanol–water partition coefficient (Wildman–Crippen LogP) is 3.16. The highest BCUT2D eigenvalue weighted by Crippen LogP contribution is 2.24. The van der Waals surface area contributed by atoms with Crippen LogP contribution in [0.4, 0.5) is 5.13 Å². The predicted molar refractivity (Wildman–Crippen MR) is 88.4 cm³/mol. The van der Waals surface area contributed by atoms with Gasteiger partial charge >= 0.3 is 5.97 Å². The Balaban J connectivity index is 2.08. The Kier molecular flexibility index (Phi) is 5.95. The second-order valence-corrected chi connectivity index (χ2v) is 5.72. The molecule has 0 aliphatic heterocycles. The van der Waals surface area contributed by atoms with Gasteiger partial charge in [-0.15, -0.1) is 11.3 Å². The van der Waals surface area contributed by atoms with Crippen LogP contribution in [0.2, 0.25) is 5.02 Å². The lowest BCUT2D eigenvalue weighted by Crippen LogP contribution is -2.13. The van der Waals surface area contributed by atoms with Crippen LogP contribution in [0.1, 0.15) is 23.0 Å². The summed E-state index contributed by atoms with van der Waals surface area (Å²) < 4.78 is 10.0. The molecular weight excluding hydrogens is 340 g/mol. The van der Waals surface area contributed by atoms with Crippen LogP contribution >= 0.6 is 22.9 Å². The molecule has 1 heterocycles. The molecule has 0 aliphatic rings. The maximum Gasteiger partial charge on any atom is 0.311 e. The lowest BCUT2D eigenvalue weighted by Gasteiger charge is -2.08. The van der Waals surface area contributed by atoms with E-state index in [1.165, 1.54) is 24.5 Å². The van der Waals surface area contributed by atoms with Crippen molar-refractivity contribution >= 4 is 39.9 Å². The number of halogens is 1. The highest BCUT2D eigenvalue weighted by atomic mass is 35.5. The first-order valence-electron chi connectivity index (χ1n) is 6.78. The quantitative estimate of drug-likeness (QED) is 0.806. The van der Waals surface area contributed by atoms with E-state index < -0.39 is 0 Å². The highest BCUT2D eigenvalue weighted by molar-refractivity contribution is 7.14. The van der Waals surface area contributed by atoms with Crippen LogP contribution in [-0.4, -0.2) is 30.6 Å². The Labute approximate surface area is 142 Å². The number of aromatic nitrogens is 1. The van der Waals surface area contributed by atoms with Crippen molar-refractivity contribution in [1.82, 2.24) is 4.98 Å². The molecule has 0 unspecified atom stereocenters. The fourth-order valence-corrected chi connectivity index (χ4v) is 2.70. The van der Waals surface area contributed by atoms with E-state index in [4.69, 9.17) is 21.1 Å². The molecule has 2 aromatic rings. The molecule has 122 valence electrons. The second kappa shape index (κ2) is 7.94. The van der Waals surface area contributed by atoms with E-state index in [0.717, 1.165) is 0 Å². The summed E-state index contributed by atoms with van der Waals surface area (Å²) in [5.41, 5.74) is 0.851. The van der Waals surface area contributed by atoms with Gasteiger partial charge in [0, 0.05) is 10.4 Å². The third-order valence-corrected chi connectivity index (χ3v) is 3.85. The summed E-state index contributed by atoms with van der Waals surface area (Å²) in [7, 11) is 1.47. The van der Waals surface area contributed by atoms with Crippen molar-refractivity contribution in [2.45, 2.75) is 13.3 Å². The Hall–Kier alpha value is -2.12. The van der Waals surface area contributed by atoms with Crippen LogP contribution in [0.25, 0.3) is 0 Å². The van der Waals surface area contributed by atoms with Crippen LogP contribution in [-0.2, 0) is 16.0 Å². The zero-order valence-corrected chi connectivity index (χ0v) is 14.2. The van der Waals surface area contributed by atoms with E-state index in [0.29, 0.717) is 33.8 Å². The molecule has 0 aliphatic carbocycles. The minimum atomic E-state index is -0.388. The minimum absolute atomic E-state index is 0.0701. The third kappa shape index (κ3) is 4.67. The Morgan fingerprint density at radius 3 is 2.87 bits per heavy atom. The first kappa shape index (κ1) is 17.2. The van der Waals surface area contributed by atoms with Gasteiger partial charge in [-0.2, -0.15) is 0 Å². The summed E-state index contributed by atoms with van der Waals surface area (Å²) in [6, 6.07) is 4.77. The molecule has 0 radical (unpaired) electrons. The zero-order chi connectivity index (χ0) is 16.8. The van der Waals surface area contributed by atoms with E-state index in [-0.39, 0.29) is 18.3 Å². The van der Waals surface area contributed by atoms with Gasteiger partial charge in [-0.3, -0.25) is 14.9 Å². The minimum Gasteiger partial charge on any atom is -0.496 e. The Morgan fingerprint density at radius 1 is 1.39 bits per heavy atom. The molecule has 0 bridgehead atoms. The Bertz CT molecular complexity index is 717. The number of ether oxygens (including phenoxy) is 2. The summed E-state index contributed by atoms with van der Waals surface area (Å²) in [6.45, 7) is 2.06. The summed E-state index contributed by atoms with van der Waals surface area (Å²) in [5.74, 6) is -0.330. The van der Waals surface area contributed by atoms with Gasteiger partial charge in [-0.05, 0) is 25.1 Å². The number of carbonyl (C=O) groups excluding carboxylic acids is 2. The maximum absolute atomic E-state index is 12.3. The SMILES string of the molecule is CCOC(=O)Cc1csc(NC(=O)c2cc(Cl)ccc2OC)n1. The molecule has 1 aromatic carbocycles. The molecule has 1 N–H and O–H groups in total. The van der Waals surface area contributed by atoms with Gasteiger partial charge in [0.15, 0.2) is 5.13 Å². The number of nitrogens with zero attached hydrogens (tertiary/aromatic N) is 1. The van der Waals surface area contributed by atoms with E-state index in [9.17, 15) is 9.59 Å². The van der Waals surface area contributed by atoms with Crippen molar-refractivity contribution in [1.29, 1.82) is 0 Å². The number of esters is 1. The van der Waals surface area contributed by atoms with Crippen LogP contribution < -0.4 is 10.1 Å². The fourth-order valence-electron chi connectivity index (χ4n) is 1.83. The topological polar surface area (TPSA) is 77.5 Å². The molecule has 1 amide bonds. The van der Waals surface area contributed by atoms with Gasteiger partial charge < -0.3 is 9.47 Å². The van der Waals surface area contributed by atoms with Gasteiger partial charge in [0.25, 0.3) is 5.91 Å². The van der Waals surface area contributed by atoms with E-state index >= 15 is 0 Å². The number of rotatable bonds is 6. The van der Waals surface area contributed by atoms with Crippen LogP contribution in [0.15, 0.2) is 23.6 Å². The molecule has 0 saturated heterocycles. The molecule has 2 rings (SSSR count). The third-order valence-electron chi connectivity index (χ3n) is 2.81. The van der Waals surface area contributed by atoms with Crippen molar-refractivity contribution in [3.63, 3.8) is 0 Å². The zero-order valence-electron chi connectivity index (χ0n) is 12.6. The van der Waals surface area contributed by atoms with Crippen molar-refractivity contribution in [3.05, 3.63) is 39.9 Å². The van der Waals surface area contributed by atoms with Crippen molar-refractivity contribution in [2.24, 2.45) is 0 Å².